The summed E-state index contributed by atoms with van der Waals surface area (Å²) in [5, 5.41) is 0. The Morgan fingerprint density at radius 1 is 1.15 bits per heavy atom. The number of nitrogens with zero attached hydrogens (tertiary/aromatic N) is 2. The molecule has 0 radical (unpaired) electrons. The van der Waals surface area contributed by atoms with Crippen LogP contribution >= 0.6 is 0 Å². The highest BCUT2D eigenvalue weighted by molar-refractivity contribution is 5.78. The van der Waals surface area contributed by atoms with Crippen molar-refractivity contribution in [2.75, 3.05) is 0 Å². The van der Waals surface area contributed by atoms with Gasteiger partial charge in [-0.25, -0.2) is 4.98 Å². The van der Waals surface area contributed by atoms with Gasteiger partial charge in [0.25, 0.3) is 0 Å². The molecule has 2 rings (SSSR count). The first-order chi connectivity index (χ1) is 9.54. The normalized spacial score (nSPS) is 13.1. The molecule has 0 aliphatic heterocycles. The number of aryl methyl sites for hydroxylation is 3. The van der Waals surface area contributed by atoms with Gasteiger partial charge in [-0.3, -0.25) is 0 Å². The van der Waals surface area contributed by atoms with E-state index in [4.69, 9.17) is 10.7 Å². The first-order valence-electron chi connectivity index (χ1n) is 7.77. The van der Waals surface area contributed by atoms with Crippen molar-refractivity contribution in [3.63, 3.8) is 0 Å². The molecule has 2 aromatic rings. The summed E-state index contributed by atoms with van der Waals surface area (Å²) in [5.74, 6) is 1.02. The van der Waals surface area contributed by atoms with Gasteiger partial charge in [-0.2, -0.15) is 0 Å². The van der Waals surface area contributed by atoms with Gasteiger partial charge >= 0.3 is 0 Å². The molecule has 1 heterocycles. The SMILES string of the molecule is CCCCCCn1c(C(C)N)nc2cc(C)c(C)cc21. The molecule has 0 spiro atoms. The molecule has 1 unspecified atom stereocenters. The van der Waals surface area contributed by atoms with Crippen molar-refractivity contribution in [1.82, 2.24) is 9.55 Å². The Labute approximate surface area is 122 Å². The highest BCUT2D eigenvalue weighted by Gasteiger charge is 2.14. The predicted octanol–water partition coefficient (Wildman–Crippen LogP) is 4.25. The molecular formula is C17H27N3. The fourth-order valence-electron chi connectivity index (χ4n) is 2.68. The van der Waals surface area contributed by atoms with Crippen LogP contribution in [0.1, 0.15) is 62.5 Å². The fourth-order valence-corrected chi connectivity index (χ4v) is 2.68. The summed E-state index contributed by atoms with van der Waals surface area (Å²) in [6.45, 7) is 9.58. The lowest BCUT2D eigenvalue weighted by Gasteiger charge is -2.11. The summed E-state index contributed by atoms with van der Waals surface area (Å²) >= 11 is 0. The first kappa shape index (κ1) is 15.0. The van der Waals surface area contributed by atoms with Crippen LogP contribution in [-0.2, 0) is 6.54 Å². The van der Waals surface area contributed by atoms with Crippen LogP contribution in [0.2, 0.25) is 0 Å². The van der Waals surface area contributed by atoms with Gasteiger partial charge in [-0.05, 0) is 50.5 Å². The van der Waals surface area contributed by atoms with Crippen LogP contribution < -0.4 is 5.73 Å². The molecule has 20 heavy (non-hydrogen) atoms. The molecule has 3 nitrogen and oxygen atoms in total. The van der Waals surface area contributed by atoms with Crippen LogP contribution in [0.3, 0.4) is 0 Å². The van der Waals surface area contributed by atoms with Gasteiger partial charge in [0.1, 0.15) is 5.82 Å². The van der Waals surface area contributed by atoms with E-state index in [1.807, 2.05) is 6.92 Å². The van der Waals surface area contributed by atoms with Gasteiger partial charge in [-0.1, -0.05) is 26.2 Å². The van der Waals surface area contributed by atoms with Gasteiger partial charge in [0.05, 0.1) is 17.1 Å². The zero-order valence-electron chi connectivity index (χ0n) is 13.2. The Kier molecular flexibility index (Phi) is 4.81. The Balaban J connectivity index is 2.37. The number of hydrogen-bond donors (Lipinski definition) is 1. The quantitative estimate of drug-likeness (QED) is 0.799. The van der Waals surface area contributed by atoms with E-state index in [0.29, 0.717) is 0 Å². The topological polar surface area (TPSA) is 43.8 Å². The van der Waals surface area contributed by atoms with Crippen LogP contribution in [0.5, 0.6) is 0 Å². The molecule has 2 N–H and O–H groups in total. The summed E-state index contributed by atoms with van der Waals surface area (Å²) in [6.07, 6.45) is 5.05. The average Bonchev–Trinajstić information content (AvgIpc) is 2.74. The fraction of sp³-hybridized carbons (Fsp3) is 0.588. The highest BCUT2D eigenvalue weighted by Crippen LogP contribution is 2.24. The highest BCUT2D eigenvalue weighted by atomic mass is 15.1. The smallest absolute Gasteiger partial charge is 0.126 e. The van der Waals surface area contributed by atoms with Crippen molar-refractivity contribution < 1.29 is 0 Å². The Morgan fingerprint density at radius 3 is 2.50 bits per heavy atom. The maximum atomic E-state index is 6.10. The van der Waals surface area contributed by atoms with Crippen molar-refractivity contribution in [3.8, 4) is 0 Å². The summed E-state index contributed by atoms with van der Waals surface area (Å²) in [5.41, 5.74) is 11.0. The third-order valence-electron chi connectivity index (χ3n) is 4.04. The van der Waals surface area contributed by atoms with Crippen molar-refractivity contribution in [3.05, 3.63) is 29.1 Å². The lowest BCUT2D eigenvalue weighted by molar-refractivity contribution is 0.558. The van der Waals surface area contributed by atoms with E-state index in [0.717, 1.165) is 17.9 Å². The van der Waals surface area contributed by atoms with Gasteiger partial charge in [-0.15, -0.1) is 0 Å². The molecule has 3 heteroatoms. The largest absolute Gasteiger partial charge is 0.327 e. The number of aromatic nitrogens is 2. The monoisotopic (exact) mass is 273 g/mol. The van der Waals surface area contributed by atoms with E-state index in [1.165, 1.54) is 42.3 Å². The van der Waals surface area contributed by atoms with E-state index in [1.54, 1.807) is 0 Å². The molecule has 0 saturated heterocycles. The number of imidazole rings is 1. The zero-order chi connectivity index (χ0) is 14.7. The Morgan fingerprint density at radius 2 is 1.85 bits per heavy atom. The molecule has 1 aromatic carbocycles. The number of rotatable bonds is 6. The maximum Gasteiger partial charge on any atom is 0.126 e. The van der Waals surface area contributed by atoms with E-state index in [9.17, 15) is 0 Å². The number of hydrogen-bond acceptors (Lipinski definition) is 2. The van der Waals surface area contributed by atoms with Crippen LogP contribution in [-0.4, -0.2) is 9.55 Å². The minimum atomic E-state index is -0.0193. The zero-order valence-corrected chi connectivity index (χ0v) is 13.2. The molecule has 0 aliphatic carbocycles. The maximum absolute atomic E-state index is 6.10. The molecule has 0 aliphatic rings. The molecule has 0 saturated carbocycles. The molecule has 0 amide bonds. The van der Waals surface area contributed by atoms with Crippen LogP contribution in [0, 0.1) is 13.8 Å². The van der Waals surface area contributed by atoms with Gasteiger partial charge in [0.2, 0.25) is 0 Å². The second-order valence-electron chi connectivity index (χ2n) is 5.90. The lowest BCUT2D eigenvalue weighted by Crippen LogP contribution is -2.13. The number of unbranched alkanes of at least 4 members (excludes halogenated alkanes) is 3. The van der Waals surface area contributed by atoms with E-state index >= 15 is 0 Å². The Hall–Kier alpha value is -1.35. The molecular weight excluding hydrogens is 246 g/mol. The predicted molar refractivity (Wildman–Crippen MR) is 86.0 cm³/mol. The minimum Gasteiger partial charge on any atom is -0.327 e. The van der Waals surface area contributed by atoms with Crippen LogP contribution in [0.4, 0.5) is 0 Å². The standard InChI is InChI=1S/C17H27N3/c1-5-6-7-8-9-20-16-11-13(3)12(2)10-15(16)19-17(20)14(4)18/h10-11,14H,5-9,18H2,1-4H3. The van der Waals surface area contributed by atoms with E-state index < -0.39 is 0 Å². The second-order valence-corrected chi connectivity index (χ2v) is 5.90. The third kappa shape index (κ3) is 3.04. The molecule has 0 fully saturated rings. The van der Waals surface area contributed by atoms with Gasteiger partial charge in [0.15, 0.2) is 0 Å². The number of fused-ring (bicyclic) bond motifs is 1. The van der Waals surface area contributed by atoms with E-state index in [2.05, 4.69) is 37.5 Å². The molecule has 1 atom stereocenters. The summed E-state index contributed by atoms with van der Waals surface area (Å²) in [4.78, 5) is 4.75. The van der Waals surface area contributed by atoms with Crippen LogP contribution in [0.15, 0.2) is 12.1 Å². The van der Waals surface area contributed by atoms with Crippen molar-refractivity contribution >= 4 is 11.0 Å². The summed E-state index contributed by atoms with van der Waals surface area (Å²) < 4.78 is 2.32. The number of nitrogens with two attached hydrogens (primary N) is 1. The Bertz CT molecular complexity index is 581. The van der Waals surface area contributed by atoms with Crippen molar-refractivity contribution in [2.45, 2.75) is 66.0 Å². The average molecular weight is 273 g/mol. The van der Waals surface area contributed by atoms with Gasteiger partial charge in [0, 0.05) is 6.54 Å². The number of benzene rings is 1. The van der Waals surface area contributed by atoms with E-state index in [-0.39, 0.29) is 6.04 Å². The lowest BCUT2D eigenvalue weighted by atomic mass is 10.1. The second kappa shape index (κ2) is 6.40. The summed E-state index contributed by atoms with van der Waals surface area (Å²) in [6, 6.07) is 4.41. The third-order valence-corrected chi connectivity index (χ3v) is 4.04. The van der Waals surface area contributed by atoms with Crippen molar-refractivity contribution in [1.29, 1.82) is 0 Å². The summed E-state index contributed by atoms with van der Waals surface area (Å²) in [7, 11) is 0. The molecule has 110 valence electrons. The van der Waals surface area contributed by atoms with Gasteiger partial charge < -0.3 is 10.3 Å². The minimum absolute atomic E-state index is 0.0193. The first-order valence-corrected chi connectivity index (χ1v) is 7.77. The van der Waals surface area contributed by atoms with Crippen molar-refractivity contribution in [2.24, 2.45) is 5.73 Å². The molecule has 1 aromatic heterocycles. The van der Waals surface area contributed by atoms with Crippen LogP contribution in [0.25, 0.3) is 11.0 Å². The molecule has 0 bridgehead atoms.